The van der Waals surface area contributed by atoms with Crippen molar-refractivity contribution in [3.63, 3.8) is 0 Å². The fraction of sp³-hybridized carbons (Fsp3) is 0.611. The van der Waals surface area contributed by atoms with Crippen molar-refractivity contribution in [3.05, 3.63) is 29.3 Å². The van der Waals surface area contributed by atoms with Crippen LogP contribution in [-0.4, -0.2) is 43.2 Å². The van der Waals surface area contributed by atoms with Gasteiger partial charge in [0, 0.05) is 32.6 Å². The number of nitrogens with zero attached hydrogens (tertiary/aromatic N) is 2. The summed E-state index contributed by atoms with van der Waals surface area (Å²) in [6, 6.07) is 5.43. The fourth-order valence-electron chi connectivity index (χ4n) is 3.47. The lowest BCUT2D eigenvalue weighted by atomic mass is 9.99. The number of rotatable bonds is 5. The number of hydrogen-bond acceptors (Lipinski definition) is 3. The molecule has 2 aliphatic rings. The molecule has 1 aromatic rings. The topological polar surface area (TPSA) is 57.7 Å². The van der Waals surface area contributed by atoms with E-state index in [1.54, 1.807) is 16.4 Å². The summed E-state index contributed by atoms with van der Waals surface area (Å²) in [4.78, 5) is 14.5. The highest BCUT2D eigenvalue weighted by molar-refractivity contribution is 7.89. The number of sulfonamides is 1. The summed E-state index contributed by atoms with van der Waals surface area (Å²) in [5.74, 6) is 0.176. The first-order valence-corrected chi connectivity index (χ1v) is 10.4. The number of carbonyl (C=O) groups excluding carboxylic acids is 1. The van der Waals surface area contributed by atoms with Gasteiger partial charge in [0.25, 0.3) is 0 Å². The molecule has 0 radical (unpaired) electrons. The molecule has 1 amide bonds. The molecule has 3 rings (SSSR count). The standard InChI is InChI=1S/C18H26N2O3S/c1-2-3-6-18(21)19-12-9-15-7-8-17(13-16(15)14-19)24(22,23)20-10-4-5-11-20/h7-8,13H,2-6,9-12,14H2,1H3. The van der Waals surface area contributed by atoms with Crippen LogP contribution in [0.2, 0.25) is 0 Å². The average molecular weight is 350 g/mol. The van der Waals surface area contributed by atoms with Gasteiger partial charge in [-0.25, -0.2) is 8.42 Å². The molecular formula is C18H26N2O3S. The molecule has 0 atom stereocenters. The van der Waals surface area contributed by atoms with Crippen molar-refractivity contribution in [1.29, 1.82) is 0 Å². The highest BCUT2D eigenvalue weighted by atomic mass is 32.2. The van der Waals surface area contributed by atoms with Gasteiger partial charge in [-0.3, -0.25) is 4.79 Å². The van der Waals surface area contributed by atoms with Crippen LogP contribution in [0.3, 0.4) is 0 Å². The molecule has 0 aliphatic carbocycles. The van der Waals surface area contributed by atoms with E-state index in [1.807, 2.05) is 11.0 Å². The largest absolute Gasteiger partial charge is 0.338 e. The Morgan fingerprint density at radius 2 is 1.88 bits per heavy atom. The molecule has 6 heteroatoms. The van der Waals surface area contributed by atoms with Gasteiger partial charge in [-0.15, -0.1) is 0 Å². The van der Waals surface area contributed by atoms with Crippen LogP contribution in [0.25, 0.3) is 0 Å². The minimum atomic E-state index is -3.39. The lowest BCUT2D eigenvalue weighted by molar-refractivity contribution is -0.132. The molecule has 0 saturated carbocycles. The Hall–Kier alpha value is -1.40. The predicted octanol–water partition coefficient (Wildman–Crippen LogP) is 2.55. The van der Waals surface area contributed by atoms with Crippen LogP contribution in [0.4, 0.5) is 0 Å². The number of carbonyl (C=O) groups is 1. The van der Waals surface area contributed by atoms with Crippen molar-refractivity contribution in [3.8, 4) is 0 Å². The van der Waals surface area contributed by atoms with Crippen molar-refractivity contribution in [2.45, 2.75) is 56.9 Å². The van der Waals surface area contributed by atoms with E-state index in [2.05, 4.69) is 6.92 Å². The lowest BCUT2D eigenvalue weighted by Gasteiger charge is -2.29. The summed E-state index contributed by atoms with van der Waals surface area (Å²) < 4.78 is 27.0. The molecule has 0 aromatic heterocycles. The van der Waals surface area contributed by atoms with Crippen LogP contribution in [0.15, 0.2) is 23.1 Å². The Balaban J connectivity index is 1.79. The minimum absolute atomic E-state index is 0.176. The normalized spacial score (nSPS) is 18.6. The molecule has 0 unspecified atom stereocenters. The van der Waals surface area contributed by atoms with E-state index in [0.29, 0.717) is 31.0 Å². The van der Waals surface area contributed by atoms with E-state index in [0.717, 1.165) is 49.8 Å². The maximum Gasteiger partial charge on any atom is 0.243 e. The second-order valence-electron chi connectivity index (χ2n) is 6.71. The van der Waals surface area contributed by atoms with Crippen LogP contribution in [0.1, 0.15) is 50.2 Å². The zero-order valence-corrected chi connectivity index (χ0v) is 15.1. The van der Waals surface area contributed by atoms with Gasteiger partial charge >= 0.3 is 0 Å². The molecule has 1 aromatic carbocycles. The van der Waals surface area contributed by atoms with Crippen molar-refractivity contribution in [1.82, 2.24) is 9.21 Å². The quantitative estimate of drug-likeness (QED) is 0.820. The third-order valence-electron chi connectivity index (χ3n) is 4.99. The average Bonchev–Trinajstić information content (AvgIpc) is 3.14. The molecule has 1 fully saturated rings. The number of benzene rings is 1. The van der Waals surface area contributed by atoms with E-state index in [4.69, 9.17) is 0 Å². The molecule has 0 N–H and O–H groups in total. The van der Waals surface area contributed by atoms with Gasteiger partial charge in [-0.05, 0) is 48.9 Å². The summed E-state index contributed by atoms with van der Waals surface area (Å²) >= 11 is 0. The van der Waals surface area contributed by atoms with E-state index in [1.165, 1.54) is 0 Å². The van der Waals surface area contributed by atoms with Crippen molar-refractivity contribution < 1.29 is 13.2 Å². The summed E-state index contributed by atoms with van der Waals surface area (Å²) in [5, 5.41) is 0. The van der Waals surface area contributed by atoms with Crippen LogP contribution in [0.5, 0.6) is 0 Å². The Morgan fingerprint density at radius 3 is 2.58 bits per heavy atom. The Kier molecular flexibility index (Phi) is 5.25. The second-order valence-corrected chi connectivity index (χ2v) is 8.65. The van der Waals surface area contributed by atoms with E-state index >= 15 is 0 Å². The molecule has 1 saturated heterocycles. The lowest BCUT2D eigenvalue weighted by Crippen LogP contribution is -2.36. The molecule has 132 valence electrons. The maximum atomic E-state index is 12.7. The van der Waals surface area contributed by atoms with Gasteiger partial charge in [-0.2, -0.15) is 4.31 Å². The summed E-state index contributed by atoms with van der Waals surface area (Å²) in [6.07, 6.45) is 5.17. The molecule has 0 bridgehead atoms. The molecule has 2 heterocycles. The fourth-order valence-corrected chi connectivity index (χ4v) is 5.04. The number of amides is 1. The Labute approximate surface area is 144 Å². The summed E-state index contributed by atoms with van der Waals surface area (Å²) in [5.41, 5.74) is 2.14. The van der Waals surface area contributed by atoms with Gasteiger partial charge in [0.1, 0.15) is 0 Å². The van der Waals surface area contributed by atoms with Gasteiger partial charge in [0.2, 0.25) is 15.9 Å². The van der Waals surface area contributed by atoms with Crippen LogP contribution < -0.4 is 0 Å². The second kappa shape index (κ2) is 7.23. The molecular weight excluding hydrogens is 324 g/mol. The third-order valence-corrected chi connectivity index (χ3v) is 6.88. The first kappa shape index (κ1) is 17.4. The maximum absolute atomic E-state index is 12.7. The van der Waals surface area contributed by atoms with Crippen LogP contribution >= 0.6 is 0 Å². The van der Waals surface area contributed by atoms with Crippen molar-refractivity contribution in [2.24, 2.45) is 0 Å². The monoisotopic (exact) mass is 350 g/mol. The predicted molar refractivity (Wildman–Crippen MR) is 93.1 cm³/mol. The zero-order chi connectivity index (χ0) is 17.2. The van der Waals surface area contributed by atoms with Gasteiger partial charge in [0.15, 0.2) is 0 Å². The van der Waals surface area contributed by atoms with Gasteiger partial charge in [0.05, 0.1) is 4.90 Å². The Morgan fingerprint density at radius 1 is 1.12 bits per heavy atom. The highest BCUT2D eigenvalue weighted by Gasteiger charge is 2.29. The van der Waals surface area contributed by atoms with E-state index < -0.39 is 10.0 Å². The SMILES string of the molecule is CCCCC(=O)N1CCc2ccc(S(=O)(=O)N3CCCC3)cc2C1. The molecule has 2 aliphatic heterocycles. The smallest absolute Gasteiger partial charge is 0.243 e. The first-order chi connectivity index (χ1) is 11.5. The minimum Gasteiger partial charge on any atom is -0.338 e. The molecule has 5 nitrogen and oxygen atoms in total. The van der Waals surface area contributed by atoms with Crippen LogP contribution in [-0.2, 0) is 27.8 Å². The number of fused-ring (bicyclic) bond motifs is 1. The van der Waals surface area contributed by atoms with E-state index in [-0.39, 0.29) is 5.91 Å². The molecule has 24 heavy (non-hydrogen) atoms. The zero-order valence-electron chi connectivity index (χ0n) is 14.3. The van der Waals surface area contributed by atoms with Crippen molar-refractivity contribution >= 4 is 15.9 Å². The van der Waals surface area contributed by atoms with Crippen molar-refractivity contribution in [2.75, 3.05) is 19.6 Å². The molecule has 0 spiro atoms. The number of hydrogen-bond donors (Lipinski definition) is 0. The Bertz CT molecular complexity index is 709. The number of unbranched alkanes of at least 4 members (excludes halogenated alkanes) is 1. The summed E-state index contributed by atoms with van der Waals surface area (Å²) in [6.45, 7) is 4.56. The van der Waals surface area contributed by atoms with Gasteiger partial charge < -0.3 is 4.90 Å². The van der Waals surface area contributed by atoms with Crippen LogP contribution in [0, 0.1) is 0 Å². The van der Waals surface area contributed by atoms with E-state index in [9.17, 15) is 13.2 Å². The first-order valence-electron chi connectivity index (χ1n) is 8.92. The van der Waals surface area contributed by atoms with Gasteiger partial charge in [-0.1, -0.05) is 19.4 Å². The third kappa shape index (κ3) is 3.49. The summed E-state index contributed by atoms with van der Waals surface area (Å²) in [7, 11) is -3.39. The highest BCUT2D eigenvalue weighted by Crippen LogP contribution is 2.26.